The van der Waals surface area contributed by atoms with E-state index in [1.165, 1.54) is 19.3 Å². The zero-order chi connectivity index (χ0) is 11.5. The summed E-state index contributed by atoms with van der Waals surface area (Å²) in [6.45, 7) is 5.05. The van der Waals surface area contributed by atoms with E-state index in [0.29, 0.717) is 0 Å². The van der Waals surface area contributed by atoms with Crippen molar-refractivity contribution < 1.29 is 0 Å². The smallest absolute Gasteiger partial charge is 0.131 e. The number of nitrogens with zero attached hydrogens (tertiary/aromatic N) is 3. The molecule has 0 saturated carbocycles. The zero-order valence-corrected chi connectivity index (χ0v) is 10.7. The van der Waals surface area contributed by atoms with Crippen molar-refractivity contribution >= 4 is 11.6 Å². The van der Waals surface area contributed by atoms with Gasteiger partial charge in [0.15, 0.2) is 0 Å². The summed E-state index contributed by atoms with van der Waals surface area (Å²) in [6.07, 6.45) is 3.92. The van der Waals surface area contributed by atoms with E-state index in [0.717, 1.165) is 36.0 Å². The highest BCUT2D eigenvalue weighted by molar-refractivity contribution is 6.30. The Morgan fingerprint density at radius 1 is 1.31 bits per heavy atom. The number of hydrogen-bond acceptors (Lipinski definition) is 3. The van der Waals surface area contributed by atoms with Gasteiger partial charge in [-0.25, -0.2) is 5.01 Å². The van der Waals surface area contributed by atoms with E-state index in [-0.39, 0.29) is 0 Å². The van der Waals surface area contributed by atoms with Crippen molar-refractivity contribution in [3.63, 3.8) is 0 Å². The van der Waals surface area contributed by atoms with Crippen molar-refractivity contribution in [3.05, 3.63) is 16.4 Å². The van der Waals surface area contributed by atoms with Gasteiger partial charge >= 0.3 is 0 Å². The fourth-order valence-electron chi connectivity index (χ4n) is 2.12. The molecule has 90 valence electrons. The average molecular weight is 243 g/mol. The maximum atomic E-state index is 6.17. The van der Waals surface area contributed by atoms with Gasteiger partial charge in [0.1, 0.15) is 5.15 Å². The molecule has 4 nitrogen and oxygen atoms in total. The SMILES string of the molecule is Cc1nn(C)c(Cl)c1CNN1CCCCC1. The van der Waals surface area contributed by atoms with E-state index in [1.807, 2.05) is 14.0 Å². The van der Waals surface area contributed by atoms with E-state index in [9.17, 15) is 0 Å². The zero-order valence-electron chi connectivity index (χ0n) is 9.96. The molecule has 2 heterocycles. The summed E-state index contributed by atoms with van der Waals surface area (Å²) in [7, 11) is 1.87. The molecule has 1 aliphatic heterocycles. The van der Waals surface area contributed by atoms with Gasteiger partial charge in [0, 0.05) is 32.2 Å². The molecule has 0 radical (unpaired) electrons. The number of aryl methyl sites for hydroxylation is 2. The highest BCUT2D eigenvalue weighted by Crippen LogP contribution is 2.18. The largest absolute Gasteiger partial charge is 0.256 e. The highest BCUT2D eigenvalue weighted by atomic mass is 35.5. The van der Waals surface area contributed by atoms with Gasteiger partial charge in [0.25, 0.3) is 0 Å². The maximum Gasteiger partial charge on any atom is 0.131 e. The molecule has 0 aliphatic carbocycles. The van der Waals surface area contributed by atoms with Crippen molar-refractivity contribution in [2.75, 3.05) is 13.1 Å². The van der Waals surface area contributed by atoms with Gasteiger partial charge in [-0.3, -0.25) is 10.1 Å². The maximum absolute atomic E-state index is 6.17. The van der Waals surface area contributed by atoms with Crippen LogP contribution in [-0.4, -0.2) is 27.9 Å². The van der Waals surface area contributed by atoms with Crippen LogP contribution in [0.25, 0.3) is 0 Å². The van der Waals surface area contributed by atoms with Crippen LogP contribution in [0.15, 0.2) is 0 Å². The molecular weight excluding hydrogens is 224 g/mol. The Morgan fingerprint density at radius 3 is 2.56 bits per heavy atom. The molecule has 1 fully saturated rings. The molecule has 0 unspecified atom stereocenters. The second-order valence-corrected chi connectivity index (χ2v) is 4.72. The Kier molecular flexibility index (Phi) is 3.84. The summed E-state index contributed by atoms with van der Waals surface area (Å²) in [4.78, 5) is 0. The van der Waals surface area contributed by atoms with E-state index in [4.69, 9.17) is 11.6 Å². The van der Waals surface area contributed by atoms with Crippen molar-refractivity contribution in [2.24, 2.45) is 7.05 Å². The van der Waals surface area contributed by atoms with Gasteiger partial charge in [-0.2, -0.15) is 5.10 Å². The molecule has 1 aromatic rings. The number of piperidine rings is 1. The molecule has 0 spiro atoms. The second-order valence-electron chi connectivity index (χ2n) is 4.36. The van der Waals surface area contributed by atoms with Crippen LogP contribution in [0, 0.1) is 6.92 Å². The molecule has 0 amide bonds. The highest BCUT2D eigenvalue weighted by Gasteiger charge is 2.13. The van der Waals surface area contributed by atoms with E-state index < -0.39 is 0 Å². The quantitative estimate of drug-likeness (QED) is 0.879. The van der Waals surface area contributed by atoms with Crippen molar-refractivity contribution in [1.29, 1.82) is 0 Å². The van der Waals surface area contributed by atoms with Crippen molar-refractivity contribution in [1.82, 2.24) is 20.2 Å². The predicted molar refractivity (Wildman–Crippen MR) is 65.2 cm³/mol. The lowest BCUT2D eigenvalue weighted by Crippen LogP contribution is -2.41. The molecular formula is C11H19ClN4. The molecule has 0 bridgehead atoms. The standard InChI is InChI=1S/C11H19ClN4/c1-9-10(11(12)15(2)14-9)8-13-16-6-4-3-5-7-16/h13H,3-8H2,1-2H3. The Hall–Kier alpha value is -0.580. The Labute approximate surface area is 102 Å². The van der Waals surface area contributed by atoms with E-state index in [1.54, 1.807) is 4.68 Å². The first kappa shape index (κ1) is 11.9. The average Bonchev–Trinajstić information content (AvgIpc) is 2.53. The summed E-state index contributed by atoms with van der Waals surface area (Å²) in [5.74, 6) is 0. The van der Waals surface area contributed by atoms with E-state index in [2.05, 4.69) is 15.5 Å². The van der Waals surface area contributed by atoms with Crippen LogP contribution in [0.1, 0.15) is 30.5 Å². The van der Waals surface area contributed by atoms with Crippen molar-refractivity contribution in [2.45, 2.75) is 32.7 Å². The van der Waals surface area contributed by atoms with Crippen molar-refractivity contribution in [3.8, 4) is 0 Å². The first-order valence-corrected chi connectivity index (χ1v) is 6.22. The van der Waals surface area contributed by atoms with Gasteiger partial charge < -0.3 is 0 Å². The number of hydrogen-bond donors (Lipinski definition) is 1. The predicted octanol–water partition coefficient (Wildman–Crippen LogP) is 1.87. The molecule has 1 aliphatic rings. The van der Waals surface area contributed by atoms with Crippen LogP contribution in [0.4, 0.5) is 0 Å². The summed E-state index contributed by atoms with van der Waals surface area (Å²) in [6, 6.07) is 0. The Morgan fingerprint density at radius 2 is 2.00 bits per heavy atom. The van der Waals surface area contributed by atoms with Gasteiger partial charge in [0.05, 0.1) is 5.69 Å². The third-order valence-electron chi connectivity index (χ3n) is 3.11. The van der Waals surface area contributed by atoms with Gasteiger partial charge in [-0.05, 0) is 19.8 Å². The van der Waals surface area contributed by atoms with Gasteiger partial charge in [0.2, 0.25) is 0 Å². The number of aromatic nitrogens is 2. The first-order valence-electron chi connectivity index (χ1n) is 5.85. The topological polar surface area (TPSA) is 33.1 Å². The number of nitrogens with one attached hydrogen (secondary N) is 1. The lowest BCUT2D eigenvalue weighted by molar-refractivity contribution is 0.151. The molecule has 1 N–H and O–H groups in total. The minimum Gasteiger partial charge on any atom is -0.256 e. The molecule has 16 heavy (non-hydrogen) atoms. The van der Waals surface area contributed by atoms with Crippen LogP contribution in [-0.2, 0) is 13.6 Å². The molecule has 1 aromatic heterocycles. The summed E-state index contributed by atoms with van der Waals surface area (Å²) in [5, 5.41) is 7.32. The fourth-order valence-corrected chi connectivity index (χ4v) is 2.36. The van der Waals surface area contributed by atoms with Gasteiger partial charge in [-0.1, -0.05) is 18.0 Å². The summed E-state index contributed by atoms with van der Waals surface area (Å²) >= 11 is 6.17. The normalized spacial score (nSPS) is 17.9. The lowest BCUT2D eigenvalue weighted by Gasteiger charge is -2.27. The fraction of sp³-hybridized carbons (Fsp3) is 0.727. The Balaban J connectivity index is 1.93. The minimum atomic E-state index is 0.738. The Bertz CT molecular complexity index is 355. The van der Waals surface area contributed by atoms with Crippen LogP contribution < -0.4 is 5.43 Å². The summed E-state index contributed by atoms with van der Waals surface area (Å²) < 4.78 is 1.73. The third-order valence-corrected chi connectivity index (χ3v) is 3.58. The number of hydrazine groups is 1. The van der Waals surface area contributed by atoms with E-state index >= 15 is 0 Å². The number of halogens is 1. The van der Waals surface area contributed by atoms with Gasteiger partial charge in [-0.15, -0.1) is 0 Å². The third kappa shape index (κ3) is 2.56. The first-order chi connectivity index (χ1) is 7.68. The van der Waals surface area contributed by atoms with Crippen LogP contribution in [0.5, 0.6) is 0 Å². The van der Waals surface area contributed by atoms with Crippen LogP contribution in [0.3, 0.4) is 0 Å². The molecule has 0 aromatic carbocycles. The lowest BCUT2D eigenvalue weighted by atomic mass is 10.2. The molecule has 1 saturated heterocycles. The molecule has 2 rings (SSSR count). The molecule has 5 heteroatoms. The van der Waals surface area contributed by atoms with Crippen LogP contribution >= 0.6 is 11.6 Å². The monoisotopic (exact) mass is 242 g/mol. The second kappa shape index (κ2) is 5.17. The molecule has 0 atom stereocenters. The number of rotatable bonds is 3. The van der Waals surface area contributed by atoms with Crippen LogP contribution in [0.2, 0.25) is 5.15 Å². The minimum absolute atomic E-state index is 0.738. The summed E-state index contributed by atoms with van der Waals surface area (Å²) in [5.41, 5.74) is 5.55.